The van der Waals surface area contributed by atoms with Gasteiger partial charge in [-0.25, -0.2) is 18.8 Å². The van der Waals surface area contributed by atoms with Crippen LogP contribution in [0.3, 0.4) is 0 Å². The van der Waals surface area contributed by atoms with Crippen molar-refractivity contribution in [3.63, 3.8) is 0 Å². The zero-order valence-electron chi connectivity index (χ0n) is 18.2. The number of amidine groups is 1. The molecule has 10 heteroatoms. The molecule has 0 amide bonds. The van der Waals surface area contributed by atoms with E-state index in [4.69, 9.17) is 28.0 Å². The molecule has 0 saturated carbocycles. The van der Waals surface area contributed by atoms with Crippen LogP contribution < -0.4 is 16.3 Å². The van der Waals surface area contributed by atoms with Crippen LogP contribution >= 0.6 is 23.2 Å². The molecule has 0 radical (unpaired) electrons. The van der Waals surface area contributed by atoms with Gasteiger partial charge >= 0.3 is 11.4 Å². The van der Waals surface area contributed by atoms with E-state index in [1.54, 1.807) is 18.2 Å². The first kappa shape index (κ1) is 21.1. The number of halogens is 2. The lowest BCUT2D eigenvalue weighted by molar-refractivity contribution is -0.00101. The number of nitrogens with zero attached hydrogens (tertiary/aromatic N) is 5. The third kappa shape index (κ3) is 2.63. The van der Waals surface area contributed by atoms with Gasteiger partial charge in [0.2, 0.25) is 5.66 Å². The number of hydrogen-bond donors (Lipinski definition) is 0. The number of aryl methyl sites for hydroxylation is 1. The molecule has 3 atom stereocenters. The number of anilines is 1. The summed E-state index contributed by atoms with van der Waals surface area (Å²) in [6.45, 7) is 1.99. The minimum Gasteiger partial charge on any atom is -0.381 e. The molecule has 8 nitrogen and oxygen atoms in total. The largest absolute Gasteiger partial charge is 0.381 e. The predicted octanol–water partition coefficient (Wildman–Crippen LogP) is 3.56. The first-order chi connectivity index (χ1) is 16.3. The van der Waals surface area contributed by atoms with E-state index in [1.807, 2.05) is 60.4 Å². The summed E-state index contributed by atoms with van der Waals surface area (Å²) in [5.74, 6) is 0.323. The topological polar surface area (TPSA) is 73.8 Å². The summed E-state index contributed by atoms with van der Waals surface area (Å²) in [5, 5.41) is 5.20. The summed E-state index contributed by atoms with van der Waals surface area (Å²) in [7, 11) is 1.47. The second-order valence-electron chi connectivity index (χ2n) is 8.51. The Kier molecular flexibility index (Phi) is 4.49. The number of aromatic nitrogens is 3. The Balaban J connectivity index is 1.74. The van der Waals surface area contributed by atoms with Crippen molar-refractivity contribution in [2.45, 2.75) is 24.7 Å². The van der Waals surface area contributed by atoms with Gasteiger partial charge in [-0.15, -0.1) is 0 Å². The van der Waals surface area contributed by atoms with Crippen LogP contribution in [0.2, 0.25) is 10.0 Å². The molecule has 4 aliphatic rings. The number of allylic oxidation sites excluding steroid dienone is 2. The van der Waals surface area contributed by atoms with Crippen molar-refractivity contribution >= 4 is 34.7 Å². The van der Waals surface area contributed by atoms with Crippen molar-refractivity contribution in [2.24, 2.45) is 12.2 Å². The third-order valence-electron chi connectivity index (χ3n) is 6.53. The second-order valence-corrected chi connectivity index (χ2v) is 9.32. The van der Waals surface area contributed by atoms with Gasteiger partial charge < -0.3 is 4.84 Å². The van der Waals surface area contributed by atoms with Gasteiger partial charge in [-0.2, -0.15) is 4.68 Å². The highest BCUT2D eigenvalue weighted by Crippen LogP contribution is 2.44. The lowest BCUT2D eigenvalue weighted by Crippen LogP contribution is -2.66. The highest BCUT2D eigenvalue weighted by atomic mass is 35.5. The molecule has 4 heterocycles. The number of hydrogen-bond acceptors (Lipinski definition) is 5. The zero-order chi connectivity index (χ0) is 23.8. The lowest BCUT2D eigenvalue weighted by atomic mass is 9.95. The number of rotatable bonds is 2. The smallest absolute Gasteiger partial charge is 0.349 e. The van der Waals surface area contributed by atoms with E-state index in [-0.39, 0.29) is 0 Å². The van der Waals surface area contributed by atoms with Gasteiger partial charge in [0, 0.05) is 12.7 Å². The zero-order valence-corrected chi connectivity index (χ0v) is 19.7. The first-order valence-corrected chi connectivity index (χ1v) is 11.4. The molecule has 172 valence electrons. The minimum absolute atomic E-state index is 0.323. The fourth-order valence-electron chi connectivity index (χ4n) is 4.87. The molecule has 0 fully saturated rings. The van der Waals surface area contributed by atoms with E-state index in [2.05, 4.69) is 5.16 Å². The van der Waals surface area contributed by atoms with Gasteiger partial charge in [0.1, 0.15) is 0 Å². The molecule has 1 aromatic heterocycles. The van der Waals surface area contributed by atoms with E-state index in [0.29, 0.717) is 21.4 Å². The van der Waals surface area contributed by atoms with Crippen LogP contribution in [0.5, 0.6) is 0 Å². The molecule has 3 aliphatic heterocycles. The molecule has 1 spiro atoms. The van der Waals surface area contributed by atoms with E-state index < -0.39 is 29.2 Å². The molecule has 34 heavy (non-hydrogen) atoms. The molecular formula is C24H19Cl2N5O3. The van der Waals surface area contributed by atoms with Crippen LogP contribution in [-0.4, -0.2) is 25.9 Å². The Morgan fingerprint density at radius 2 is 1.68 bits per heavy atom. The Morgan fingerprint density at radius 1 is 0.971 bits per heavy atom. The maximum Gasteiger partial charge on any atom is 0.349 e. The fourth-order valence-corrected chi connectivity index (χ4v) is 5.44. The van der Waals surface area contributed by atoms with Crippen LogP contribution in [0.25, 0.3) is 0 Å². The van der Waals surface area contributed by atoms with Crippen LogP contribution in [0, 0.1) is 6.92 Å². The summed E-state index contributed by atoms with van der Waals surface area (Å²) >= 11 is 13.2. The summed E-state index contributed by atoms with van der Waals surface area (Å²) in [6.07, 6.45) is 6.73. The third-order valence-corrected chi connectivity index (χ3v) is 7.16. The lowest BCUT2D eigenvalue weighted by Gasteiger charge is -2.49. The molecule has 1 aliphatic carbocycles. The van der Waals surface area contributed by atoms with Crippen LogP contribution in [0.15, 0.2) is 81.5 Å². The molecule has 3 aromatic rings. The molecule has 0 unspecified atom stereocenters. The van der Waals surface area contributed by atoms with Crippen LogP contribution in [-0.2, 0) is 17.5 Å². The van der Waals surface area contributed by atoms with E-state index >= 15 is 0 Å². The molecule has 2 bridgehead atoms. The number of benzene rings is 2. The van der Waals surface area contributed by atoms with Gasteiger partial charge in [0.05, 0.1) is 21.7 Å². The van der Waals surface area contributed by atoms with Crippen molar-refractivity contribution < 1.29 is 4.84 Å². The van der Waals surface area contributed by atoms with E-state index in [1.165, 1.54) is 16.4 Å². The van der Waals surface area contributed by atoms with Crippen molar-refractivity contribution in [1.29, 1.82) is 0 Å². The summed E-state index contributed by atoms with van der Waals surface area (Å²) in [6, 6.07) is 12.5. The molecule has 2 aromatic carbocycles. The summed E-state index contributed by atoms with van der Waals surface area (Å²) < 4.78 is 3.99. The SMILES string of the molecule is Cc1ccc(N2C(c3c(Cl)cccc3Cl)=NO[C@@H]3C=C[C@@H]4C=C[C@@]32n2c(=O)n(C)c(=O)n24)cc1. The number of oxime groups is 1. The average molecular weight is 496 g/mol. The van der Waals surface area contributed by atoms with Crippen LogP contribution in [0.1, 0.15) is 17.2 Å². The Labute approximate surface area is 204 Å². The van der Waals surface area contributed by atoms with Crippen molar-refractivity contribution in [3.05, 3.63) is 109 Å². The summed E-state index contributed by atoms with van der Waals surface area (Å²) in [4.78, 5) is 34.5. The highest BCUT2D eigenvalue weighted by Gasteiger charge is 2.56. The maximum atomic E-state index is 13.5. The van der Waals surface area contributed by atoms with E-state index in [9.17, 15) is 9.59 Å². The molecule has 7 rings (SSSR count). The summed E-state index contributed by atoms with van der Waals surface area (Å²) in [5.41, 5.74) is 0.0697. The molecular weight excluding hydrogens is 477 g/mol. The predicted molar refractivity (Wildman–Crippen MR) is 131 cm³/mol. The maximum absolute atomic E-state index is 13.5. The Morgan fingerprint density at radius 3 is 2.38 bits per heavy atom. The first-order valence-electron chi connectivity index (χ1n) is 10.7. The monoisotopic (exact) mass is 495 g/mol. The fraction of sp³-hybridized carbons (Fsp3) is 0.208. The quantitative estimate of drug-likeness (QED) is 0.509. The molecule has 0 saturated heterocycles. The van der Waals surface area contributed by atoms with E-state index in [0.717, 1.165) is 15.8 Å². The average Bonchev–Trinajstić information content (AvgIpc) is 2.98. The Bertz CT molecular complexity index is 1530. The van der Waals surface area contributed by atoms with Gasteiger partial charge in [-0.3, -0.25) is 4.90 Å². The standard InChI is InChI=1S/C24H19Cl2N5O3/c1-14-6-8-15(9-7-14)29-21(20-17(25)4-3-5-18(20)26)27-34-19-11-10-16-12-13-24(19,29)31-23(33)28(2)22(32)30(16)31/h3-13,16,19H,1-2H3/t16-,19-,24-/m1/s1. The molecule has 0 N–H and O–H groups in total. The van der Waals surface area contributed by atoms with Crippen molar-refractivity contribution in [3.8, 4) is 0 Å². The van der Waals surface area contributed by atoms with Crippen molar-refractivity contribution in [1.82, 2.24) is 13.9 Å². The minimum atomic E-state index is -1.28. The Hall–Kier alpha value is -3.49. The second kappa shape index (κ2) is 7.25. The van der Waals surface area contributed by atoms with Gasteiger partial charge in [0.15, 0.2) is 11.9 Å². The van der Waals surface area contributed by atoms with Gasteiger partial charge in [0.25, 0.3) is 0 Å². The van der Waals surface area contributed by atoms with Crippen molar-refractivity contribution in [2.75, 3.05) is 4.90 Å². The van der Waals surface area contributed by atoms with Crippen LogP contribution in [0.4, 0.5) is 5.69 Å². The van der Waals surface area contributed by atoms with Gasteiger partial charge in [-0.1, -0.05) is 64.3 Å². The normalized spacial score (nSPS) is 24.4. The highest BCUT2D eigenvalue weighted by molar-refractivity contribution is 6.41. The van der Waals surface area contributed by atoms with Gasteiger partial charge in [-0.05, 0) is 43.3 Å².